The van der Waals surface area contributed by atoms with Gasteiger partial charge in [-0.25, -0.2) is 4.79 Å². The van der Waals surface area contributed by atoms with Crippen LogP contribution >= 0.6 is 0 Å². The topological polar surface area (TPSA) is 150 Å². The molecule has 13 heteroatoms. The number of nitrogens with one attached hydrogen (secondary N) is 4. The van der Waals surface area contributed by atoms with Crippen molar-refractivity contribution in [1.82, 2.24) is 34.9 Å². The molecule has 4 heterocycles. The van der Waals surface area contributed by atoms with Crippen molar-refractivity contribution in [2.24, 2.45) is 18.4 Å². The van der Waals surface area contributed by atoms with Crippen LogP contribution in [-0.4, -0.2) is 94.9 Å². The first kappa shape index (κ1) is 48.8. The molecule has 1 spiro atoms. The summed E-state index contributed by atoms with van der Waals surface area (Å²) in [5.74, 6) is 7.45. The number of hydrogen-bond acceptors (Lipinski definition) is 8. The van der Waals surface area contributed by atoms with Gasteiger partial charge < -0.3 is 25.8 Å². The number of aromatic nitrogens is 2. The number of piperidine rings is 2. The minimum Gasteiger partial charge on any atom is -0.382 e. The highest BCUT2D eigenvalue weighted by molar-refractivity contribution is 5.98. The minimum atomic E-state index is -0.765. The Morgan fingerprint density at radius 3 is 2.37 bits per heavy atom. The highest BCUT2D eigenvalue weighted by Gasteiger charge is 2.48. The maximum Gasteiger partial charge on any atom is 0.329 e. The molecule has 368 valence electrons. The molecule has 1 saturated carbocycles. The molecule has 3 aliphatic heterocycles. The Hall–Kier alpha value is -6.23. The fourth-order valence-electron chi connectivity index (χ4n) is 11.7. The second-order valence-electron chi connectivity index (χ2n) is 20.7. The van der Waals surface area contributed by atoms with Gasteiger partial charge in [0, 0.05) is 68.4 Å². The van der Waals surface area contributed by atoms with Gasteiger partial charge in [0.15, 0.2) is 0 Å². The Bertz CT molecular complexity index is 2860. The van der Waals surface area contributed by atoms with Crippen molar-refractivity contribution >= 4 is 51.6 Å². The zero-order chi connectivity index (χ0) is 48.9. The van der Waals surface area contributed by atoms with Crippen molar-refractivity contribution in [3.63, 3.8) is 0 Å². The van der Waals surface area contributed by atoms with Crippen molar-refractivity contribution in [1.29, 1.82) is 0 Å². The van der Waals surface area contributed by atoms with Crippen molar-refractivity contribution in [3.05, 3.63) is 111 Å². The summed E-state index contributed by atoms with van der Waals surface area (Å²) in [5, 5.41) is 14.8. The smallest absolute Gasteiger partial charge is 0.329 e. The molecule has 4 amide bonds. The molecular formula is C57H70N8O5. The molecule has 2 atom stereocenters. The Kier molecular flexibility index (Phi) is 14.9. The van der Waals surface area contributed by atoms with E-state index in [1.54, 1.807) is 11.6 Å². The Morgan fingerprint density at radius 2 is 1.66 bits per heavy atom. The second kappa shape index (κ2) is 21.4. The summed E-state index contributed by atoms with van der Waals surface area (Å²) < 4.78 is 3.09. The molecule has 1 aliphatic carbocycles. The number of rotatable bonds is 16. The largest absolute Gasteiger partial charge is 0.382 e. The maximum absolute atomic E-state index is 13.7. The van der Waals surface area contributed by atoms with Gasteiger partial charge in [0.05, 0.1) is 17.1 Å². The highest BCUT2D eigenvalue weighted by atomic mass is 16.2. The molecule has 13 nitrogen and oxygen atoms in total. The first-order valence-electron chi connectivity index (χ1n) is 25.8. The number of likely N-dealkylation sites (tertiary alicyclic amines) is 2. The number of carbonyl (C=O) groups excluding carboxylic acids is 4. The molecule has 1 aromatic heterocycles. The molecule has 4 fully saturated rings. The van der Waals surface area contributed by atoms with E-state index in [-0.39, 0.29) is 29.5 Å². The molecule has 4 aliphatic rings. The van der Waals surface area contributed by atoms with E-state index >= 15 is 0 Å². The van der Waals surface area contributed by atoms with Crippen LogP contribution in [0.3, 0.4) is 0 Å². The number of carbonyl (C=O) groups is 4. The van der Waals surface area contributed by atoms with E-state index in [4.69, 9.17) is 0 Å². The lowest BCUT2D eigenvalue weighted by Crippen LogP contribution is -2.63. The van der Waals surface area contributed by atoms with Crippen LogP contribution in [0.25, 0.3) is 21.8 Å². The minimum absolute atomic E-state index is 0.0658. The molecule has 4 N–H and O–H groups in total. The lowest BCUT2D eigenvalue weighted by Gasteiger charge is -2.54. The van der Waals surface area contributed by atoms with Crippen molar-refractivity contribution in [2.45, 2.75) is 115 Å². The predicted octanol–water partition coefficient (Wildman–Crippen LogP) is 7.71. The summed E-state index contributed by atoms with van der Waals surface area (Å²) in [6, 6.07) is 24.3. The van der Waals surface area contributed by atoms with Crippen molar-refractivity contribution in [3.8, 4) is 11.8 Å². The number of nitrogens with zero attached hydrogens (tertiary/aromatic N) is 4. The zero-order valence-electron chi connectivity index (χ0n) is 41.5. The monoisotopic (exact) mass is 947 g/mol. The molecule has 9 rings (SSSR count). The number of aryl methyl sites for hydroxylation is 2. The first-order valence-corrected chi connectivity index (χ1v) is 25.8. The van der Waals surface area contributed by atoms with Gasteiger partial charge in [-0.15, -0.1) is 0 Å². The Balaban J connectivity index is 0.711. The average Bonchev–Trinajstić information content (AvgIpc) is 3.59. The summed E-state index contributed by atoms with van der Waals surface area (Å²) in [4.78, 5) is 68.6. The molecule has 70 heavy (non-hydrogen) atoms. The van der Waals surface area contributed by atoms with Crippen molar-refractivity contribution in [2.75, 3.05) is 51.1 Å². The number of imidazole rings is 1. The van der Waals surface area contributed by atoms with Gasteiger partial charge in [-0.2, -0.15) is 0 Å². The van der Waals surface area contributed by atoms with Crippen LogP contribution in [-0.2, 0) is 21.4 Å². The number of anilines is 1. The third-order valence-corrected chi connectivity index (χ3v) is 15.9. The van der Waals surface area contributed by atoms with Crippen LogP contribution in [0.5, 0.6) is 0 Å². The van der Waals surface area contributed by atoms with E-state index in [0.29, 0.717) is 67.2 Å². The van der Waals surface area contributed by atoms with E-state index in [0.717, 1.165) is 115 Å². The van der Waals surface area contributed by atoms with E-state index in [2.05, 4.69) is 87.4 Å². The van der Waals surface area contributed by atoms with E-state index in [1.165, 1.54) is 17.4 Å². The lowest BCUT2D eigenvalue weighted by molar-refractivity contribution is -0.132. The lowest BCUT2D eigenvalue weighted by atomic mass is 9.61. The van der Waals surface area contributed by atoms with Gasteiger partial charge in [-0.3, -0.25) is 33.6 Å². The average molecular weight is 947 g/mol. The molecule has 5 aromatic rings. The number of fused-ring (bicyclic) bond motifs is 2. The summed E-state index contributed by atoms with van der Waals surface area (Å²) in [5.41, 5.74) is 7.53. The fourth-order valence-corrected chi connectivity index (χ4v) is 11.7. The number of benzene rings is 4. The van der Waals surface area contributed by atoms with Gasteiger partial charge in [0.2, 0.25) is 18.2 Å². The third kappa shape index (κ3) is 10.4. The molecule has 0 radical (unpaired) electrons. The summed E-state index contributed by atoms with van der Waals surface area (Å²) >= 11 is 0. The van der Waals surface area contributed by atoms with E-state index in [9.17, 15) is 24.0 Å². The fraction of sp³-hybridized carbons (Fsp3) is 0.491. The van der Waals surface area contributed by atoms with Crippen LogP contribution in [0.4, 0.5) is 5.69 Å². The third-order valence-electron chi connectivity index (χ3n) is 15.9. The molecule has 3 saturated heterocycles. The van der Waals surface area contributed by atoms with Gasteiger partial charge in [-0.05, 0) is 160 Å². The number of hydrogen-bond donors (Lipinski definition) is 4. The number of amides is 4. The molecular weight excluding hydrogens is 877 g/mol. The summed E-state index contributed by atoms with van der Waals surface area (Å²) in [6.07, 6.45) is 10.1. The summed E-state index contributed by atoms with van der Waals surface area (Å²) in [7, 11) is 1.72. The summed E-state index contributed by atoms with van der Waals surface area (Å²) in [6.45, 7) is 12.7. The van der Waals surface area contributed by atoms with Gasteiger partial charge >= 0.3 is 5.69 Å². The van der Waals surface area contributed by atoms with Crippen LogP contribution in [0.15, 0.2) is 77.6 Å². The molecule has 4 aromatic carbocycles. The maximum atomic E-state index is 13.7. The van der Waals surface area contributed by atoms with Gasteiger partial charge in [0.25, 0.3) is 5.91 Å². The number of unbranched alkanes of at least 4 members (excludes halogenated alkanes) is 1. The van der Waals surface area contributed by atoms with Crippen LogP contribution < -0.4 is 27.0 Å². The van der Waals surface area contributed by atoms with Gasteiger partial charge in [-0.1, -0.05) is 67.6 Å². The number of imide groups is 1. The van der Waals surface area contributed by atoms with E-state index in [1.807, 2.05) is 49.1 Å². The SMILES string of the molecule is CCCC(C(=O)NC=O)n1c(=O)n(C)c2cc(C3CCN(C(=O)CCCCN4CCC(C#Cc5ccc(C(C)NC(=O)c6cc(NC7CC8(CNC8)C7)ccc6C)c6ccccc56)CC4)CC3)ccc21. The van der Waals surface area contributed by atoms with Gasteiger partial charge in [0.1, 0.15) is 6.04 Å². The van der Waals surface area contributed by atoms with Crippen LogP contribution in [0, 0.1) is 30.1 Å². The zero-order valence-corrected chi connectivity index (χ0v) is 41.5. The van der Waals surface area contributed by atoms with Crippen LogP contribution in [0.1, 0.15) is 135 Å². The normalized spacial score (nSPS) is 18.4. The standard InChI is InChI=1S/C57H70N8O5/c1-5-10-51(55(69)59-37-66)65-50-21-18-43(31-52(50)62(4)56(65)70)41-24-29-64(30-25-41)53(67)13-8-9-26-63-27-22-40(23-28-63)15-16-42-17-20-46(48-12-7-6-11-47(42)48)39(3)60-54(68)49-32-44(19-14-38(49)2)61-45-33-57(34-45)35-58-36-57/h6-7,11-12,14,17-21,31-32,37,39-41,45,51,58,61H,5,8-10,13,22-30,33-36H2,1-4H3,(H,60,68)(H,59,66,69). The molecule has 0 bridgehead atoms. The highest BCUT2D eigenvalue weighted by Crippen LogP contribution is 2.45. The quantitative estimate of drug-likeness (QED) is 0.0447. The Morgan fingerprint density at radius 1 is 0.900 bits per heavy atom. The van der Waals surface area contributed by atoms with Crippen LogP contribution in [0.2, 0.25) is 0 Å². The van der Waals surface area contributed by atoms with E-state index < -0.39 is 11.9 Å². The molecule has 2 unspecified atom stereocenters. The first-order chi connectivity index (χ1) is 33.9. The Labute approximate surface area is 412 Å². The van der Waals surface area contributed by atoms with Crippen molar-refractivity contribution < 1.29 is 19.2 Å². The predicted molar refractivity (Wildman–Crippen MR) is 277 cm³/mol. The second-order valence-corrected chi connectivity index (χ2v) is 20.7.